The van der Waals surface area contributed by atoms with Crippen LogP contribution in [0.4, 0.5) is 5.69 Å². The van der Waals surface area contributed by atoms with Crippen molar-refractivity contribution in [3.8, 4) is 0 Å². The van der Waals surface area contributed by atoms with Crippen LogP contribution >= 0.6 is 22.9 Å². The molecule has 0 saturated heterocycles. The van der Waals surface area contributed by atoms with E-state index < -0.39 is 0 Å². The van der Waals surface area contributed by atoms with Crippen LogP contribution in [0.5, 0.6) is 0 Å². The fourth-order valence-corrected chi connectivity index (χ4v) is 3.97. The van der Waals surface area contributed by atoms with E-state index in [1.165, 1.54) is 22.0 Å². The number of nitrogens with one attached hydrogen (secondary N) is 1. The summed E-state index contributed by atoms with van der Waals surface area (Å²) in [5, 5.41) is 9.49. The molecule has 0 saturated carbocycles. The summed E-state index contributed by atoms with van der Waals surface area (Å²) in [5.74, 6) is -0.0104. The van der Waals surface area contributed by atoms with Crippen molar-refractivity contribution in [1.82, 2.24) is 14.5 Å². The van der Waals surface area contributed by atoms with E-state index in [0.29, 0.717) is 12.1 Å². The number of thiophene rings is 1. The summed E-state index contributed by atoms with van der Waals surface area (Å²) in [6.07, 6.45) is 0. The Morgan fingerprint density at radius 2 is 2.08 bits per heavy atom. The van der Waals surface area contributed by atoms with Gasteiger partial charge in [0.2, 0.25) is 0 Å². The zero-order valence-electron chi connectivity index (χ0n) is 14.4. The van der Waals surface area contributed by atoms with Crippen molar-refractivity contribution in [3.05, 3.63) is 62.3 Å². The van der Waals surface area contributed by atoms with Crippen molar-refractivity contribution in [3.63, 3.8) is 0 Å². The second-order valence-electron chi connectivity index (χ2n) is 5.90. The largest absolute Gasteiger partial charge is 0.380 e. The van der Waals surface area contributed by atoms with Crippen LogP contribution in [0, 0.1) is 13.8 Å². The number of aryl methyl sites for hydroxylation is 2. The molecule has 0 atom stereocenters. The second kappa shape index (κ2) is 7.76. The highest BCUT2D eigenvalue weighted by atomic mass is 32.1. The molecule has 0 unspecified atom stereocenters. The van der Waals surface area contributed by atoms with Crippen LogP contribution in [0.2, 0.25) is 0 Å². The van der Waals surface area contributed by atoms with Crippen LogP contribution in [0.25, 0.3) is 0 Å². The Balaban J connectivity index is 1.66. The van der Waals surface area contributed by atoms with Crippen LogP contribution in [-0.2, 0) is 13.1 Å². The van der Waals surface area contributed by atoms with Gasteiger partial charge in [0.25, 0.3) is 5.91 Å². The van der Waals surface area contributed by atoms with Crippen LogP contribution in [-0.4, -0.2) is 27.4 Å². The fourth-order valence-electron chi connectivity index (χ4n) is 2.43. The molecule has 2 aromatic heterocycles. The topological polar surface area (TPSA) is 58.1 Å². The van der Waals surface area contributed by atoms with Gasteiger partial charge in [0.1, 0.15) is 0 Å². The van der Waals surface area contributed by atoms with Crippen LogP contribution < -0.4 is 5.32 Å². The molecule has 0 aliphatic rings. The summed E-state index contributed by atoms with van der Waals surface area (Å²) < 4.78 is 3.92. The van der Waals surface area contributed by atoms with E-state index >= 15 is 0 Å². The van der Waals surface area contributed by atoms with Gasteiger partial charge < -0.3 is 10.2 Å². The van der Waals surface area contributed by atoms with Gasteiger partial charge in [0.15, 0.2) is 0 Å². The molecular formula is C18H20N4OS2. The molecule has 0 aliphatic carbocycles. The zero-order chi connectivity index (χ0) is 17.8. The Labute approximate surface area is 155 Å². The van der Waals surface area contributed by atoms with E-state index in [4.69, 9.17) is 0 Å². The average Bonchev–Trinajstić information content (AvgIpc) is 3.21. The van der Waals surface area contributed by atoms with Gasteiger partial charge >= 0.3 is 0 Å². The highest BCUT2D eigenvalue weighted by Gasteiger charge is 2.15. The Morgan fingerprint density at radius 3 is 2.76 bits per heavy atom. The van der Waals surface area contributed by atoms with Gasteiger partial charge in [0, 0.05) is 29.7 Å². The van der Waals surface area contributed by atoms with Gasteiger partial charge in [-0.1, -0.05) is 10.6 Å². The summed E-state index contributed by atoms with van der Waals surface area (Å²) in [4.78, 5) is 16.7. The lowest BCUT2D eigenvalue weighted by Crippen LogP contribution is -2.26. The summed E-state index contributed by atoms with van der Waals surface area (Å²) in [6, 6.07) is 9.76. The van der Waals surface area contributed by atoms with Gasteiger partial charge in [-0.25, -0.2) is 0 Å². The number of hydrogen-bond donors (Lipinski definition) is 1. The molecule has 2 heterocycles. The number of amides is 1. The van der Waals surface area contributed by atoms with E-state index in [1.807, 2.05) is 31.2 Å². The third-order valence-electron chi connectivity index (χ3n) is 4.00. The molecule has 0 spiro atoms. The number of hydrogen-bond acceptors (Lipinski definition) is 6. The third kappa shape index (κ3) is 4.24. The molecule has 3 aromatic rings. The minimum Gasteiger partial charge on any atom is -0.380 e. The minimum atomic E-state index is -0.0104. The summed E-state index contributed by atoms with van der Waals surface area (Å²) in [6.45, 7) is 5.31. The Bertz CT molecular complexity index is 871. The Kier molecular flexibility index (Phi) is 5.45. The number of carbonyl (C=O) groups is 1. The van der Waals surface area contributed by atoms with Crippen molar-refractivity contribution >= 4 is 34.5 Å². The van der Waals surface area contributed by atoms with Gasteiger partial charge in [-0.3, -0.25) is 4.79 Å². The molecular weight excluding hydrogens is 352 g/mol. The van der Waals surface area contributed by atoms with Gasteiger partial charge in [-0.05, 0) is 60.6 Å². The molecule has 0 bridgehead atoms. The standard InChI is InChI=1S/C18H20N4OS2/c1-12-7-8-24-16(12)10-19-15-6-4-5-14(9-15)18(23)22(3)11-17-13(2)20-21-25-17/h4-9,19H,10-11H2,1-3H3. The molecule has 0 aliphatic heterocycles. The first-order valence-electron chi connectivity index (χ1n) is 7.95. The molecule has 5 nitrogen and oxygen atoms in total. The maximum Gasteiger partial charge on any atom is 0.253 e. The summed E-state index contributed by atoms with van der Waals surface area (Å²) in [5.41, 5.74) is 3.79. The molecule has 130 valence electrons. The normalized spacial score (nSPS) is 10.7. The first kappa shape index (κ1) is 17.6. The van der Waals surface area contributed by atoms with Crippen LogP contribution in [0.1, 0.15) is 31.4 Å². The number of benzene rings is 1. The summed E-state index contributed by atoms with van der Waals surface area (Å²) in [7, 11) is 1.80. The first-order chi connectivity index (χ1) is 12.0. The molecule has 1 N–H and O–H groups in total. The van der Waals surface area contributed by atoms with E-state index in [2.05, 4.69) is 33.3 Å². The lowest BCUT2D eigenvalue weighted by atomic mass is 10.1. The quantitative estimate of drug-likeness (QED) is 0.708. The minimum absolute atomic E-state index is 0.0104. The highest BCUT2D eigenvalue weighted by Crippen LogP contribution is 2.19. The zero-order valence-corrected chi connectivity index (χ0v) is 16.1. The van der Waals surface area contributed by atoms with Gasteiger partial charge in [-0.15, -0.1) is 16.4 Å². The fraction of sp³-hybridized carbons (Fsp3) is 0.278. The van der Waals surface area contributed by atoms with E-state index in [1.54, 1.807) is 23.3 Å². The molecule has 0 fully saturated rings. The summed E-state index contributed by atoms with van der Waals surface area (Å²) >= 11 is 3.07. The maximum atomic E-state index is 12.7. The molecule has 25 heavy (non-hydrogen) atoms. The SMILES string of the molecule is Cc1ccsc1CNc1cccc(C(=O)N(C)Cc2snnc2C)c1. The lowest BCUT2D eigenvalue weighted by Gasteiger charge is -2.17. The monoisotopic (exact) mass is 372 g/mol. The number of carbonyl (C=O) groups excluding carboxylic acids is 1. The van der Waals surface area contributed by atoms with Crippen molar-refractivity contribution in [1.29, 1.82) is 0 Å². The Hall–Kier alpha value is -2.25. The molecule has 1 amide bonds. The second-order valence-corrected chi connectivity index (χ2v) is 7.74. The third-order valence-corrected chi connectivity index (χ3v) is 5.83. The Morgan fingerprint density at radius 1 is 1.24 bits per heavy atom. The van der Waals surface area contributed by atoms with Crippen molar-refractivity contribution in [2.75, 3.05) is 12.4 Å². The van der Waals surface area contributed by atoms with Crippen molar-refractivity contribution < 1.29 is 4.79 Å². The van der Waals surface area contributed by atoms with E-state index in [0.717, 1.165) is 22.8 Å². The lowest BCUT2D eigenvalue weighted by molar-refractivity contribution is 0.0786. The van der Waals surface area contributed by atoms with Crippen LogP contribution in [0.3, 0.4) is 0 Å². The van der Waals surface area contributed by atoms with Crippen LogP contribution in [0.15, 0.2) is 35.7 Å². The molecule has 1 aromatic carbocycles. The van der Waals surface area contributed by atoms with E-state index in [9.17, 15) is 4.79 Å². The number of rotatable bonds is 6. The molecule has 0 radical (unpaired) electrons. The predicted molar refractivity (Wildman–Crippen MR) is 103 cm³/mol. The smallest absolute Gasteiger partial charge is 0.253 e. The molecule has 3 rings (SSSR count). The highest BCUT2D eigenvalue weighted by molar-refractivity contribution is 7.10. The average molecular weight is 373 g/mol. The predicted octanol–water partition coefficient (Wildman–Crippen LogP) is 4.10. The number of nitrogens with zero attached hydrogens (tertiary/aromatic N) is 3. The van der Waals surface area contributed by atoms with E-state index in [-0.39, 0.29) is 5.91 Å². The van der Waals surface area contributed by atoms with Gasteiger partial charge in [0.05, 0.1) is 17.1 Å². The maximum absolute atomic E-state index is 12.7. The van der Waals surface area contributed by atoms with Crippen molar-refractivity contribution in [2.24, 2.45) is 0 Å². The van der Waals surface area contributed by atoms with Crippen molar-refractivity contribution in [2.45, 2.75) is 26.9 Å². The number of anilines is 1. The number of aromatic nitrogens is 2. The van der Waals surface area contributed by atoms with Gasteiger partial charge in [-0.2, -0.15) is 0 Å². The molecule has 7 heteroatoms. The first-order valence-corrected chi connectivity index (χ1v) is 9.60.